The van der Waals surface area contributed by atoms with E-state index in [2.05, 4.69) is 4.99 Å². The Balaban J connectivity index is 2.94. The average Bonchev–Trinajstić information content (AvgIpc) is 2.55. The molecule has 0 atom stereocenters. The van der Waals surface area contributed by atoms with Gasteiger partial charge in [0.05, 0.1) is 16.8 Å². The Hall–Kier alpha value is -2.73. The van der Waals surface area contributed by atoms with Crippen molar-refractivity contribution in [2.24, 2.45) is 12.0 Å². The highest BCUT2D eigenvalue weighted by atomic mass is 19.4. The highest BCUT2D eigenvalue weighted by Crippen LogP contribution is 2.40. The van der Waals surface area contributed by atoms with E-state index in [1.807, 2.05) is 0 Å². The first-order chi connectivity index (χ1) is 13.1. The van der Waals surface area contributed by atoms with Crippen LogP contribution in [0.1, 0.15) is 23.7 Å². The van der Waals surface area contributed by atoms with Gasteiger partial charge in [-0.2, -0.15) is 39.5 Å². The summed E-state index contributed by atoms with van der Waals surface area (Å²) in [6.07, 6.45) is -15.4. The number of alkyl halides is 9. The third kappa shape index (κ3) is 4.65. The molecule has 2 aromatic rings. The SMILES string of the molecule is CCn1c(=O)cc(C(F)(F)F)n(C)c1=Nc1ccc(C(F)(F)F)cc1C(F)(F)F. The van der Waals surface area contributed by atoms with E-state index in [4.69, 9.17) is 0 Å². The van der Waals surface area contributed by atoms with Gasteiger partial charge in [-0.1, -0.05) is 0 Å². The van der Waals surface area contributed by atoms with Gasteiger partial charge in [0.15, 0.2) is 0 Å². The summed E-state index contributed by atoms with van der Waals surface area (Å²) in [6.45, 7) is 1.09. The molecule has 0 unspecified atom stereocenters. The zero-order chi connectivity index (χ0) is 22.4. The summed E-state index contributed by atoms with van der Waals surface area (Å²) < 4.78 is 118. The predicted octanol–water partition coefficient (Wildman–Crippen LogP) is 4.50. The molecule has 0 aliphatic heterocycles. The molecule has 0 aliphatic rings. The van der Waals surface area contributed by atoms with Crippen molar-refractivity contribution in [2.75, 3.05) is 0 Å². The van der Waals surface area contributed by atoms with Crippen LogP contribution in [0.3, 0.4) is 0 Å². The van der Waals surface area contributed by atoms with Crippen LogP contribution in [0.4, 0.5) is 45.2 Å². The zero-order valence-electron chi connectivity index (χ0n) is 14.7. The molecule has 0 aliphatic carbocycles. The van der Waals surface area contributed by atoms with Crippen molar-refractivity contribution in [3.63, 3.8) is 0 Å². The fourth-order valence-electron chi connectivity index (χ4n) is 2.53. The van der Waals surface area contributed by atoms with Crippen LogP contribution in [0.15, 0.2) is 34.1 Å². The van der Waals surface area contributed by atoms with Crippen molar-refractivity contribution in [3.8, 4) is 0 Å². The van der Waals surface area contributed by atoms with Crippen LogP contribution in [-0.2, 0) is 32.1 Å². The average molecular weight is 433 g/mol. The minimum atomic E-state index is -5.28. The number of nitrogens with zero attached hydrogens (tertiary/aromatic N) is 3. The first kappa shape index (κ1) is 22.6. The van der Waals surface area contributed by atoms with E-state index in [0.29, 0.717) is 21.3 Å². The van der Waals surface area contributed by atoms with Crippen LogP contribution in [-0.4, -0.2) is 9.13 Å². The summed E-state index contributed by atoms with van der Waals surface area (Å²) in [5.41, 5.74) is -7.95. The van der Waals surface area contributed by atoms with Gasteiger partial charge in [-0.15, -0.1) is 0 Å². The predicted molar refractivity (Wildman–Crippen MR) is 82.0 cm³/mol. The van der Waals surface area contributed by atoms with E-state index in [0.717, 1.165) is 7.05 Å². The van der Waals surface area contributed by atoms with Gasteiger partial charge in [-0.3, -0.25) is 9.36 Å². The normalized spacial score (nSPS) is 13.8. The fraction of sp³-hybridized carbons (Fsp3) is 0.375. The molecule has 29 heavy (non-hydrogen) atoms. The summed E-state index contributed by atoms with van der Waals surface area (Å²) >= 11 is 0. The third-order valence-corrected chi connectivity index (χ3v) is 3.89. The number of halogens is 9. The van der Waals surface area contributed by atoms with Crippen molar-refractivity contribution < 1.29 is 39.5 Å². The Labute approximate surface area is 156 Å². The molecule has 1 aromatic heterocycles. The van der Waals surface area contributed by atoms with Crippen molar-refractivity contribution in [3.05, 3.63) is 57.1 Å². The maximum absolute atomic E-state index is 13.3. The fourth-order valence-corrected chi connectivity index (χ4v) is 2.53. The lowest BCUT2D eigenvalue weighted by Gasteiger charge is -2.17. The minimum absolute atomic E-state index is 0.194. The summed E-state index contributed by atoms with van der Waals surface area (Å²) in [6, 6.07) is 0.757. The van der Waals surface area contributed by atoms with Crippen molar-refractivity contribution in [1.29, 1.82) is 0 Å². The van der Waals surface area contributed by atoms with E-state index in [-0.39, 0.29) is 18.7 Å². The lowest BCUT2D eigenvalue weighted by Crippen LogP contribution is -2.42. The van der Waals surface area contributed by atoms with Crippen LogP contribution in [0.25, 0.3) is 0 Å². The second-order valence-corrected chi connectivity index (χ2v) is 5.81. The van der Waals surface area contributed by atoms with E-state index in [9.17, 15) is 44.3 Å². The molecule has 0 spiro atoms. The molecule has 0 amide bonds. The van der Waals surface area contributed by atoms with Crippen molar-refractivity contribution >= 4 is 5.69 Å². The quantitative estimate of drug-likeness (QED) is 0.644. The van der Waals surface area contributed by atoms with E-state index < -0.39 is 52.2 Å². The Kier molecular flexibility index (Phi) is 5.65. The molecule has 13 heteroatoms. The summed E-state index contributed by atoms with van der Waals surface area (Å²) in [7, 11) is 0.824. The number of aromatic nitrogens is 2. The Morgan fingerprint density at radius 2 is 1.48 bits per heavy atom. The van der Waals surface area contributed by atoms with Gasteiger partial charge >= 0.3 is 18.5 Å². The molecule has 2 rings (SSSR count). The Morgan fingerprint density at radius 3 is 1.93 bits per heavy atom. The highest BCUT2D eigenvalue weighted by Gasteiger charge is 2.39. The van der Waals surface area contributed by atoms with Gasteiger partial charge in [0.25, 0.3) is 5.56 Å². The molecule has 0 saturated carbocycles. The summed E-state index contributed by atoms with van der Waals surface area (Å²) in [5.74, 6) is 0. The molecule has 1 aromatic carbocycles. The molecular weight excluding hydrogens is 421 g/mol. The van der Waals surface area contributed by atoms with Crippen LogP contribution >= 0.6 is 0 Å². The van der Waals surface area contributed by atoms with Crippen LogP contribution < -0.4 is 11.2 Å². The largest absolute Gasteiger partial charge is 0.431 e. The lowest BCUT2D eigenvalue weighted by atomic mass is 10.1. The van der Waals surface area contributed by atoms with E-state index >= 15 is 0 Å². The van der Waals surface area contributed by atoms with Crippen molar-refractivity contribution in [2.45, 2.75) is 32.0 Å². The smallest absolute Gasteiger partial charge is 0.310 e. The summed E-state index contributed by atoms with van der Waals surface area (Å²) in [4.78, 5) is 15.4. The molecule has 0 fully saturated rings. The molecule has 1 heterocycles. The van der Waals surface area contributed by atoms with E-state index in [1.165, 1.54) is 6.92 Å². The van der Waals surface area contributed by atoms with Gasteiger partial charge in [0.1, 0.15) is 5.69 Å². The van der Waals surface area contributed by atoms with Crippen LogP contribution in [0, 0.1) is 0 Å². The molecule has 4 nitrogen and oxygen atoms in total. The first-order valence-corrected chi connectivity index (χ1v) is 7.78. The van der Waals surface area contributed by atoms with E-state index in [1.54, 1.807) is 0 Å². The molecule has 0 N–H and O–H groups in total. The minimum Gasteiger partial charge on any atom is -0.310 e. The van der Waals surface area contributed by atoms with Gasteiger partial charge in [-0.05, 0) is 25.1 Å². The third-order valence-electron chi connectivity index (χ3n) is 3.89. The standard InChI is InChI=1S/C16H12F9N3O/c1-3-28-12(29)7-11(16(23,24)25)27(2)13(28)26-10-5-4-8(14(17,18)19)6-9(10)15(20,21)22/h4-7H,3H2,1-2H3. The number of hydrogen-bond acceptors (Lipinski definition) is 2. The maximum Gasteiger partial charge on any atom is 0.431 e. The Morgan fingerprint density at radius 1 is 0.897 bits per heavy atom. The lowest BCUT2D eigenvalue weighted by molar-refractivity contribution is -0.145. The van der Waals surface area contributed by atoms with Gasteiger partial charge < -0.3 is 4.57 Å². The second-order valence-electron chi connectivity index (χ2n) is 5.81. The van der Waals surface area contributed by atoms with Crippen LogP contribution in [0.5, 0.6) is 0 Å². The monoisotopic (exact) mass is 433 g/mol. The number of benzene rings is 1. The molecule has 0 bridgehead atoms. The summed E-state index contributed by atoms with van der Waals surface area (Å²) in [5, 5.41) is 0. The molecule has 0 radical (unpaired) electrons. The molecular formula is C16H12F9N3O. The molecule has 160 valence electrons. The topological polar surface area (TPSA) is 39.3 Å². The first-order valence-electron chi connectivity index (χ1n) is 7.78. The van der Waals surface area contributed by atoms with Gasteiger partial charge in [0, 0.05) is 19.7 Å². The highest BCUT2D eigenvalue weighted by molar-refractivity contribution is 5.50. The van der Waals surface area contributed by atoms with Gasteiger partial charge in [-0.25, -0.2) is 4.99 Å². The number of rotatable bonds is 2. The molecule has 0 saturated heterocycles. The number of hydrogen-bond donors (Lipinski definition) is 0. The maximum atomic E-state index is 13.3. The van der Waals surface area contributed by atoms with Crippen LogP contribution in [0.2, 0.25) is 0 Å². The Bertz CT molecular complexity index is 1040. The van der Waals surface area contributed by atoms with Gasteiger partial charge in [0.2, 0.25) is 5.62 Å². The van der Waals surface area contributed by atoms with Crippen molar-refractivity contribution in [1.82, 2.24) is 9.13 Å². The zero-order valence-corrected chi connectivity index (χ0v) is 14.7. The second kappa shape index (κ2) is 7.26.